The van der Waals surface area contributed by atoms with E-state index in [1.165, 1.54) is 0 Å². The molecule has 4 N–H and O–H groups in total. The average Bonchev–Trinajstić information content (AvgIpc) is 3.44. The number of hydrogen-bond donors (Lipinski definition) is 4. The highest BCUT2D eigenvalue weighted by molar-refractivity contribution is 5.89. The van der Waals surface area contributed by atoms with Gasteiger partial charge >= 0.3 is 11.9 Å². The first kappa shape index (κ1) is 23.7. The third-order valence-electron chi connectivity index (χ3n) is 4.05. The predicted octanol–water partition coefficient (Wildman–Crippen LogP) is 3.54. The van der Waals surface area contributed by atoms with Gasteiger partial charge in [-0.25, -0.2) is 9.59 Å². The Morgan fingerprint density at radius 3 is 1.34 bits per heavy atom. The van der Waals surface area contributed by atoms with E-state index in [1.807, 2.05) is 24.3 Å². The highest BCUT2D eigenvalue weighted by atomic mass is 16.6. The molecule has 1 atom stereocenters. The van der Waals surface area contributed by atoms with Gasteiger partial charge in [-0.3, -0.25) is 0 Å². The van der Waals surface area contributed by atoms with Crippen LogP contribution in [-0.2, 0) is 19.7 Å². The molecule has 0 radical (unpaired) electrons. The Morgan fingerprint density at radius 1 is 0.862 bits per heavy atom. The van der Waals surface area contributed by atoms with Crippen LogP contribution in [0.3, 0.4) is 0 Å². The maximum Gasteiger partial charge on any atom is 0.328 e. The van der Waals surface area contributed by atoms with Gasteiger partial charge in [0.2, 0.25) is 0 Å². The van der Waals surface area contributed by atoms with Gasteiger partial charge in [-0.1, -0.05) is 38.1 Å². The van der Waals surface area contributed by atoms with E-state index in [2.05, 4.69) is 20.8 Å². The highest BCUT2D eigenvalue weighted by Gasteiger charge is 2.22. The van der Waals surface area contributed by atoms with Crippen molar-refractivity contribution in [3.63, 3.8) is 0 Å². The van der Waals surface area contributed by atoms with Crippen LogP contribution in [-0.4, -0.2) is 45.1 Å². The number of aromatic hydroxyl groups is 2. The Labute approximate surface area is 169 Å². The number of rotatable bonds is 4. The van der Waals surface area contributed by atoms with Crippen LogP contribution in [0.1, 0.15) is 31.9 Å². The van der Waals surface area contributed by atoms with Crippen LogP contribution in [0.5, 0.6) is 11.5 Å². The number of phenolic OH excluding ortho intramolecular Hbond substituents is 2. The molecule has 1 heterocycles. The molecule has 7 heteroatoms. The topological polar surface area (TPSA) is 128 Å². The molecule has 1 aliphatic heterocycles. The normalized spacial score (nSPS) is 14.8. The first-order valence-corrected chi connectivity index (χ1v) is 8.87. The number of ether oxygens (including phenoxy) is 1. The fourth-order valence-electron chi connectivity index (χ4n) is 2.16. The molecule has 7 nitrogen and oxygen atoms in total. The third kappa shape index (κ3) is 9.44. The van der Waals surface area contributed by atoms with Gasteiger partial charge in [0, 0.05) is 17.6 Å². The summed E-state index contributed by atoms with van der Waals surface area (Å²) in [5, 5.41) is 34.2. The minimum atomic E-state index is -1.26. The maximum absolute atomic E-state index is 9.55. The van der Waals surface area contributed by atoms with E-state index in [1.54, 1.807) is 24.3 Å². The van der Waals surface area contributed by atoms with E-state index in [0.717, 1.165) is 17.7 Å². The molecule has 0 bridgehead atoms. The zero-order valence-corrected chi connectivity index (χ0v) is 16.6. The first-order valence-electron chi connectivity index (χ1n) is 8.87. The van der Waals surface area contributed by atoms with Crippen LogP contribution < -0.4 is 0 Å². The number of carboxylic acids is 2. The summed E-state index contributed by atoms with van der Waals surface area (Å²) < 4.78 is 4.71. The van der Waals surface area contributed by atoms with Crippen LogP contribution >= 0.6 is 0 Å². The molecule has 3 rings (SSSR count). The van der Waals surface area contributed by atoms with Crippen LogP contribution in [0, 0.1) is 0 Å². The fourth-order valence-corrected chi connectivity index (χ4v) is 2.16. The maximum atomic E-state index is 9.55. The molecule has 29 heavy (non-hydrogen) atoms. The van der Waals surface area contributed by atoms with Crippen LogP contribution in [0.25, 0.3) is 0 Å². The first-order chi connectivity index (χ1) is 13.5. The van der Waals surface area contributed by atoms with E-state index in [-0.39, 0.29) is 16.9 Å². The molecule has 2 aromatic rings. The lowest BCUT2D eigenvalue weighted by Crippen LogP contribution is -2.18. The molecule has 1 aliphatic rings. The minimum Gasteiger partial charge on any atom is -0.508 e. The molecular weight excluding hydrogens is 376 g/mol. The van der Waals surface area contributed by atoms with Crippen molar-refractivity contribution < 1.29 is 34.8 Å². The fraction of sp³-hybridized carbons (Fsp3) is 0.273. The van der Waals surface area contributed by atoms with Crippen LogP contribution in [0.2, 0.25) is 0 Å². The molecule has 0 spiro atoms. The lowest BCUT2D eigenvalue weighted by Gasteiger charge is -2.26. The van der Waals surface area contributed by atoms with Gasteiger partial charge in [0.05, 0.1) is 12.7 Å². The van der Waals surface area contributed by atoms with Crippen molar-refractivity contribution in [3.05, 3.63) is 71.8 Å². The molecule has 2 aromatic carbocycles. The molecule has 1 unspecified atom stereocenters. The standard InChI is InChI=1S/C15H16O2.C4H4O4.C3H6O/c1-15(2,11-3-7-13(16)8-4-11)12-5-9-14(17)10-6-12;5-3(6)1-2-4(7)8;1-3-2-4-3/h3-10,16-17H,1-2H3;1-2H,(H,5,6)(H,7,8);3H,2H2,1H3/b;2-1-;. The molecule has 1 saturated heterocycles. The Morgan fingerprint density at radius 2 is 1.14 bits per heavy atom. The summed E-state index contributed by atoms with van der Waals surface area (Å²) >= 11 is 0. The lowest BCUT2D eigenvalue weighted by atomic mass is 9.78. The number of hydrogen-bond acceptors (Lipinski definition) is 5. The molecule has 0 aromatic heterocycles. The summed E-state index contributed by atoms with van der Waals surface area (Å²) in [5.74, 6) is -1.97. The SMILES string of the molecule is CC(C)(c1ccc(O)cc1)c1ccc(O)cc1.CC1CO1.O=C(O)/C=C\C(=O)O. The van der Waals surface area contributed by atoms with E-state index in [9.17, 15) is 19.8 Å². The van der Waals surface area contributed by atoms with Gasteiger partial charge in [0.25, 0.3) is 0 Å². The zero-order valence-electron chi connectivity index (χ0n) is 16.6. The average molecular weight is 402 g/mol. The lowest BCUT2D eigenvalue weighted by molar-refractivity contribution is -0.134. The quantitative estimate of drug-likeness (QED) is 0.455. The van der Waals surface area contributed by atoms with E-state index in [4.69, 9.17) is 14.9 Å². The summed E-state index contributed by atoms with van der Waals surface area (Å²) in [7, 11) is 0. The molecule has 156 valence electrons. The van der Waals surface area contributed by atoms with E-state index in [0.29, 0.717) is 18.3 Å². The van der Waals surface area contributed by atoms with Gasteiger partial charge in [0.15, 0.2) is 0 Å². The van der Waals surface area contributed by atoms with Gasteiger partial charge < -0.3 is 25.2 Å². The molecular formula is C22H26O7. The molecule has 0 amide bonds. The van der Waals surface area contributed by atoms with Gasteiger partial charge in [0.1, 0.15) is 11.5 Å². The number of carboxylic acid groups (broad SMARTS) is 2. The Bertz CT molecular complexity index is 754. The van der Waals surface area contributed by atoms with Crippen molar-refractivity contribution in [2.75, 3.05) is 6.61 Å². The second-order valence-electron chi connectivity index (χ2n) is 6.87. The molecule has 1 fully saturated rings. The van der Waals surface area contributed by atoms with Crippen molar-refractivity contribution in [1.29, 1.82) is 0 Å². The summed E-state index contributed by atoms with van der Waals surface area (Å²) in [6, 6.07) is 14.4. The molecule has 0 aliphatic carbocycles. The van der Waals surface area contributed by atoms with Crippen molar-refractivity contribution in [3.8, 4) is 11.5 Å². The van der Waals surface area contributed by atoms with E-state index < -0.39 is 11.9 Å². The van der Waals surface area contributed by atoms with E-state index >= 15 is 0 Å². The third-order valence-corrected chi connectivity index (χ3v) is 4.05. The Hall–Kier alpha value is -3.32. The summed E-state index contributed by atoms with van der Waals surface area (Å²) in [6.07, 6.45) is 1.70. The number of epoxide rings is 1. The van der Waals surface area contributed by atoms with Crippen LogP contribution in [0.4, 0.5) is 0 Å². The van der Waals surface area contributed by atoms with Gasteiger partial charge in [-0.05, 0) is 42.3 Å². The van der Waals surface area contributed by atoms with Crippen LogP contribution in [0.15, 0.2) is 60.7 Å². The number of carbonyl (C=O) groups is 2. The molecule has 0 saturated carbocycles. The van der Waals surface area contributed by atoms with Crippen molar-refractivity contribution >= 4 is 11.9 Å². The number of aliphatic carboxylic acids is 2. The second-order valence-corrected chi connectivity index (χ2v) is 6.87. The van der Waals surface area contributed by atoms with Crippen molar-refractivity contribution in [2.45, 2.75) is 32.3 Å². The highest BCUT2D eigenvalue weighted by Crippen LogP contribution is 2.32. The number of phenols is 2. The monoisotopic (exact) mass is 402 g/mol. The zero-order chi connectivity index (χ0) is 22.0. The Kier molecular flexibility index (Phi) is 8.89. The van der Waals surface area contributed by atoms with Gasteiger partial charge in [-0.2, -0.15) is 0 Å². The van der Waals surface area contributed by atoms with Gasteiger partial charge in [-0.15, -0.1) is 0 Å². The van der Waals surface area contributed by atoms with Crippen molar-refractivity contribution in [1.82, 2.24) is 0 Å². The smallest absolute Gasteiger partial charge is 0.328 e. The number of benzene rings is 2. The Balaban J connectivity index is 0.000000289. The van der Waals surface area contributed by atoms with Crippen molar-refractivity contribution in [2.24, 2.45) is 0 Å². The summed E-state index contributed by atoms with van der Waals surface area (Å²) in [6.45, 7) is 7.28. The predicted molar refractivity (Wildman–Crippen MR) is 108 cm³/mol. The largest absolute Gasteiger partial charge is 0.508 e. The second kappa shape index (κ2) is 10.9. The summed E-state index contributed by atoms with van der Waals surface area (Å²) in [4.78, 5) is 19.1. The summed E-state index contributed by atoms with van der Waals surface area (Å²) in [5.41, 5.74) is 2.10. The minimum absolute atomic E-state index is 0.151.